The molecule has 0 spiro atoms. The van der Waals surface area contributed by atoms with Crippen molar-refractivity contribution >= 4 is 17.7 Å². The van der Waals surface area contributed by atoms with Crippen molar-refractivity contribution in [3.05, 3.63) is 35.4 Å². The number of fused-ring (bicyclic) bond motifs is 1. The fraction of sp³-hybridized carbons (Fsp3) is 0.562. The highest BCUT2D eigenvalue weighted by atomic mass is 32.2. The van der Waals surface area contributed by atoms with Crippen LogP contribution >= 0.6 is 11.8 Å². The highest BCUT2D eigenvalue weighted by molar-refractivity contribution is 7.99. The number of rotatable bonds is 6. The van der Waals surface area contributed by atoms with Gasteiger partial charge in [0.05, 0.1) is 6.04 Å². The van der Waals surface area contributed by atoms with Crippen molar-refractivity contribution in [2.75, 3.05) is 18.1 Å². The first-order valence-corrected chi connectivity index (χ1v) is 8.64. The molecule has 1 heterocycles. The molecule has 1 aromatic carbocycles. The van der Waals surface area contributed by atoms with Crippen LogP contribution < -0.4 is 10.6 Å². The fourth-order valence-corrected chi connectivity index (χ4v) is 3.62. The number of benzene rings is 1. The summed E-state index contributed by atoms with van der Waals surface area (Å²) in [5.41, 5.74) is 2.62. The van der Waals surface area contributed by atoms with E-state index in [0.717, 1.165) is 31.2 Å². The maximum absolute atomic E-state index is 12.1. The standard InChI is InChI=1S/C16H22N2OS/c19-16(17-7-8-20-11-12-5-6-12)15-9-13-3-1-2-4-14(13)10-18-15/h1-4,12,15,18H,5-11H2,(H,17,19)/t15-/m0/s1. The van der Waals surface area contributed by atoms with E-state index in [-0.39, 0.29) is 11.9 Å². The van der Waals surface area contributed by atoms with E-state index in [1.807, 2.05) is 17.8 Å². The summed E-state index contributed by atoms with van der Waals surface area (Å²) in [6, 6.07) is 8.29. The van der Waals surface area contributed by atoms with Crippen molar-refractivity contribution in [2.24, 2.45) is 5.92 Å². The predicted molar refractivity (Wildman–Crippen MR) is 83.8 cm³/mol. The van der Waals surface area contributed by atoms with E-state index in [1.165, 1.54) is 29.7 Å². The van der Waals surface area contributed by atoms with E-state index in [4.69, 9.17) is 0 Å². The first-order chi connectivity index (χ1) is 9.83. The molecular weight excluding hydrogens is 268 g/mol. The highest BCUT2D eigenvalue weighted by Crippen LogP contribution is 2.32. The Kier molecular flexibility index (Phi) is 4.63. The molecule has 0 unspecified atom stereocenters. The molecule has 1 atom stereocenters. The molecule has 1 amide bonds. The molecule has 0 aromatic heterocycles. The lowest BCUT2D eigenvalue weighted by Crippen LogP contribution is -2.48. The molecule has 1 aromatic rings. The van der Waals surface area contributed by atoms with E-state index in [9.17, 15) is 4.79 Å². The van der Waals surface area contributed by atoms with Crippen LogP contribution in [-0.4, -0.2) is 30.0 Å². The maximum Gasteiger partial charge on any atom is 0.237 e. The van der Waals surface area contributed by atoms with Gasteiger partial charge in [-0.1, -0.05) is 24.3 Å². The van der Waals surface area contributed by atoms with Crippen LogP contribution in [0, 0.1) is 5.92 Å². The lowest BCUT2D eigenvalue weighted by atomic mass is 9.95. The van der Waals surface area contributed by atoms with Crippen molar-refractivity contribution in [1.82, 2.24) is 10.6 Å². The number of hydrogen-bond acceptors (Lipinski definition) is 3. The van der Waals surface area contributed by atoms with Gasteiger partial charge in [0, 0.05) is 18.8 Å². The Morgan fingerprint density at radius 3 is 2.90 bits per heavy atom. The molecule has 1 aliphatic carbocycles. The van der Waals surface area contributed by atoms with Crippen LogP contribution in [0.3, 0.4) is 0 Å². The molecule has 0 bridgehead atoms. The molecule has 20 heavy (non-hydrogen) atoms. The van der Waals surface area contributed by atoms with Crippen LogP contribution in [0.2, 0.25) is 0 Å². The number of nitrogens with one attached hydrogen (secondary N) is 2. The molecule has 4 heteroatoms. The Labute approximate surface area is 124 Å². The van der Waals surface area contributed by atoms with Crippen molar-refractivity contribution in [3.8, 4) is 0 Å². The maximum atomic E-state index is 12.1. The van der Waals surface area contributed by atoms with Crippen molar-refractivity contribution < 1.29 is 4.79 Å². The Balaban J connectivity index is 1.39. The third-order valence-electron chi connectivity index (χ3n) is 3.99. The van der Waals surface area contributed by atoms with Gasteiger partial charge in [-0.15, -0.1) is 0 Å². The van der Waals surface area contributed by atoms with E-state index < -0.39 is 0 Å². The Hall–Kier alpha value is -1.00. The Bertz CT molecular complexity index is 473. The Morgan fingerprint density at radius 2 is 2.10 bits per heavy atom. The molecule has 2 aliphatic rings. The molecular formula is C16H22N2OS. The van der Waals surface area contributed by atoms with E-state index in [0.29, 0.717) is 0 Å². The minimum Gasteiger partial charge on any atom is -0.354 e. The van der Waals surface area contributed by atoms with Gasteiger partial charge >= 0.3 is 0 Å². The zero-order valence-corrected chi connectivity index (χ0v) is 12.5. The molecule has 3 rings (SSSR count). The van der Waals surface area contributed by atoms with Crippen LogP contribution in [0.1, 0.15) is 24.0 Å². The third-order valence-corrected chi connectivity index (χ3v) is 5.19. The van der Waals surface area contributed by atoms with Crippen molar-refractivity contribution in [3.63, 3.8) is 0 Å². The topological polar surface area (TPSA) is 41.1 Å². The summed E-state index contributed by atoms with van der Waals surface area (Å²) in [5, 5.41) is 6.38. The molecule has 1 fully saturated rings. The van der Waals surface area contributed by atoms with E-state index in [2.05, 4.69) is 28.8 Å². The molecule has 0 saturated heterocycles. The van der Waals surface area contributed by atoms with Gasteiger partial charge in [-0.2, -0.15) is 11.8 Å². The molecule has 2 N–H and O–H groups in total. The summed E-state index contributed by atoms with van der Waals surface area (Å²) in [6.45, 7) is 1.58. The van der Waals surface area contributed by atoms with Gasteiger partial charge in [0.2, 0.25) is 5.91 Å². The lowest BCUT2D eigenvalue weighted by molar-refractivity contribution is -0.123. The van der Waals surface area contributed by atoms with Crippen LogP contribution in [0.4, 0.5) is 0 Å². The average molecular weight is 290 g/mol. The van der Waals surface area contributed by atoms with Crippen molar-refractivity contribution in [2.45, 2.75) is 31.8 Å². The quantitative estimate of drug-likeness (QED) is 0.787. The number of carbonyl (C=O) groups is 1. The van der Waals surface area contributed by atoms with Gasteiger partial charge in [-0.25, -0.2) is 0 Å². The summed E-state index contributed by atoms with van der Waals surface area (Å²) >= 11 is 1.97. The minimum absolute atomic E-state index is 0.0710. The number of carbonyl (C=O) groups excluding carboxylic acids is 1. The summed E-state index contributed by atoms with van der Waals surface area (Å²) in [6.07, 6.45) is 3.62. The highest BCUT2D eigenvalue weighted by Gasteiger charge is 2.23. The minimum atomic E-state index is -0.0710. The number of hydrogen-bond donors (Lipinski definition) is 2. The second-order valence-electron chi connectivity index (χ2n) is 5.72. The SMILES string of the molecule is O=C(NCCSCC1CC1)[C@@H]1Cc2ccccc2CN1. The fourth-order valence-electron chi connectivity index (χ4n) is 2.54. The van der Waals surface area contributed by atoms with Crippen molar-refractivity contribution in [1.29, 1.82) is 0 Å². The van der Waals surface area contributed by atoms with Crippen LogP contribution in [-0.2, 0) is 17.8 Å². The monoisotopic (exact) mass is 290 g/mol. The van der Waals surface area contributed by atoms with Gasteiger partial charge in [-0.05, 0) is 42.1 Å². The second-order valence-corrected chi connectivity index (χ2v) is 6.87. The summed E-state index contributed by atoms with van der Waals surface area (Å²) in [4.78, 5) is 12.1. The second kappa shape index (κ2) is 6.64. The Morgan fingerprint density at radius 1 is 1.30 bits per heavy atom. The normalized spacial score (nSPS) is 21.3. The molecule has 1 aliphatic heterocycles. The third kappa shape index (κ3) is 3.76. The summed E-state index contributed by atoms with van der Waals surface area (Å²) in [5.74, 6) is 3.41. The molecule has 0 radical (unpaired) electrons. The van der Waals surface area contributed by atoms with E-state index >= 15 is 0 Å². The first-order valence-electron chi connectivity index (χ1n) is 7.48. The van der Waals surface area contributed by atoms with Gasteiger partial charge in [-0.3, -0.25) is 4.79 Å². The molecule has 108 valence electrons. The van der Waals surface area contributed by atoms with Gasteiger partial charge in [0.15, 0.2) is 0 Å². The number of thioether (sulfide) groups is 1. The zero-order chi connectivity index (χ0) is 13.8. The smallest absolute Gasteiger partial charge is 0.237 e. The van der Waals surface area contributed by atoms with Gasteiger partial charge in [0.1, 0.15) is 0 Å². The van der Waals surface area contributed by atoms with E-state index in [1.54, 1.807) is 0 Å². The van der Waals surface area contributed by atoms with Crippen LogP contribution in [0.25, 0.3) is 0 Å². The molecule has 3 nitrogen and oxygen atoms in total. The average Bonchev–Trinajstić information content (AvgIpc) is 3.30. The largest absolute Gasteiger partial charge is 0.354 e. The zero-order valence-electron chi connectivity index (χ0n) is 11.7. The van der Waals surface area contributed by atoms with Crippen LogP contribution in [0.5, 0.6) is 0 Å². The van der Waals surface area contributed by atoms with Gasteiger partial charge in [0.25, 0.3) is 0 Å². The molecule has 1 saturated carbocycles. The summed E-state index contributed by atoms with van der Waals surface area (Å²) < 4.78 is 0. The predicted octanol–water partition coefficient (Wildman–Crippen LogP) is 1.96. The first kappa shape index (κ1) is 14.0. The lowest BCUT2D eigenvalue weighted by Gasteiger charge is -2.25. The summed E-state index contributed by atoms with van der Waals surface area (Å²) in [7, 11) is 0. The van der Waals surface area contributed by atoms with Crippen LogP contribution in [0.15, 0.2) is 24.3 Å². The number of amides is 1. The van der Waals surface area contributed by atoms with Gasteiger partial charge < -0.3 is 10.6 Å².